The molecule has 0 radical (unpaired) electrons. The normalized spacial score (nSPS) is 18.1. The van der Waals surface area contributed by atoms with Gasteiger partial charge in [-0.1, -0.05) is 0 Å². The largest absolute Gasteiger partial charge is 0.397 e. The predicted octanol–water partition coefficient (Wildman–Crippen LogP) is 0.619. The van der Waals surface area contributed by atoms with Crippen molar-refractivity contribution in [3.05, 3.63) is 17.7 Å². The minimum atomic E-state index is -3.51. The SMILES string of the molecule is CC(=O)N1CCc2cc(S(=O)(=O)NC3CC3)cc(N)c21. The van der Waals surface area contributed by atoms with Crippen LogP contribution >= 0.6 is 0 Å². The van der Waals surface area contributed by atoms with Gasteiger partial charge in [0.15, 0.2) is 0 Å². The lowest BCUT2D eigenvalue weighted by atomic mass is 10.1. The molecule has 3 N–H and O–H groups in total. The van der Waals surface area contributed by atoms with Crippen molar-refractivity contribution < 1.29 is 13.2 Å². The van der Waals surface area contributed by atoms with E-state index in [0.717, 1.165) is 18.4 Å². The maximum absolute atomic E-state index is 12.2. The minimum absolute atomic E-state index is 0.0585. The third-order valence-electron chi connectivity index (χ3n) is 3.66. The van der Waals surface area contributed by atoms with E-state index in [1.54, 1.807) is 11.0 Å². The molecule has 0 saturated heterocycles. The van der Waals surface area contributed by atoms with Crippen molar-refractivity contribution in [2.45, 2.75) is 37.1 Å². The van der Waals surface area contributed by atoms with Gasteiger partial charge in [-0.3, -0.25) is 4.79 Å². The van der Waals surface area contributed by atoms with Crippen molar-refractivity contribution >= 4 is 27.3 Å². The zero-order valence-electron chi connectivity index (χ0n) is 11.2. The number of sulfonamides is 1. The Bertz CT molecular complexity index is 680. The van der Waals surface area contributed by atoms with E-state index in [1.165, 1.54) is 13.0 Å². The molecule has 20 heavy (non-hydrogen) atoms. The Morgan fingerprint density at radius 1 is 1.40 bits per heavy atom. The summed E-state index contributed by atoms with van der Waals surface area (Å²) >= 11 is 0. The molecule has 1 saturated carbocycles. The van der Waals surface area contributed by atoms with Gasteiger partial charge in [0.2, 0.25) is 15.9 Å². The van der Waals surface area contributed by atoms with Gasteiger partial charge in [0.1, 0.15) is 0 Å². The molecular formula is C13H17N3O3S. The Morgan fingerprint density at radius 3 is 2.70 bits per heavy atom. The maximum atomic E-state index is 12.2. The van der Waals surface area contributed by atoms with E-state index < -0.39 is 10.0 Å². The smallest absolute Gasteiger partial charge is 0.240 e. The molecule has 0 aromatic heterocycles. The highest BCUT2D eigenvalue weighted by atomic mass is 32.2. The average molecular weight is 295 g/mol. The molecule has 6 nitrogen and oxygen atoms in total. The average Bonchev–Trinajstić information content (AvgIpc) is 3.04. The first-order valence-electron chi connectivity index (χ1n) is 6.61. The molecule has 2 aliphatic rings. The van der Waals surface area contributed by atoms with Crippen LogP contribution in [-0.2, 0) is 21.2 Å². The van der Waals surface area contributed by atoms with Crippen LogP contribution in [0.5, 0.6) is 0 Å². The molecule has 1 aliphatic heterocycles. The van der Waals surface area contributed by atoms with Crippen molar-refractivity contribution in [2.24, 2.45) is 0 Å². The molecule has 108 valence electrons. The Hall–Kier alpha value is -1.60. The molecule has 1 aliphatic carbocycles. The van der Waals surface area contributed by atoms with Gasteiger partial charge in [-0.25, -0.2) is 13.1 Å². The van der Waals surface area contributed by atoms with Crippen molar-refractivity contribution in [2.75, 3.05) is 17.2 Å². The summed E-state index contributed by atoms with van der Waals surface area (Å²) in [7, 11) is -3.51. The molecule has 7 heteroatoms. The third-order valence-corrected chi connectivity index (χ3v) is 5.16. The third kappa shape index (κ3) is 2.27. The Kier molecular flexibility index (Phi) is 2.98. The molecule has 1 fully saturated rings. The van der Waals surface area contributed by atoms with Crippen LogP contribution in [0.1, 0.15) is 25.3 Å². The van der Waals surface area contributed by atoms with Crippen LogP contribution in [0.25, 0.3) is 0 Å². The number of hydrogen-bond acceptors (Lipinski definition) is 4. The number of nitrogens with zero attached hydrogens (tertiary/aromatic N) is 1. The summed E-state index contributed by atoms with van der Waals surface area (Å²) in [6.07, 6.45) is 2.40. The van der Waals surface area contributed by atoms with Crippen LogP contribution in [0, 0.1) is 0 Å². The van der Waals surface area contributed by atoms with Gasteiger partial charge in [-0.15, -0.1) is 0 Å². The van der Waals surface area contributed by atoms with Crippen molar-refractivity contribution in [3.63, 3.8) is 0 Å². The van der Waals surface area contributed by atoms with Gasteiger partial charge in [-0.05, 0) is 37.0 Å². The number of nitrogens with one attached hydrogen (secondary N) is 1. The van der Waals surface area contributed by atoms with Crippen LogP contribution in [0.3, 0.4) is 0 Å². The molecule has 1 amide bonds. The zero-order valence-corrected chi connectivity index (χ0v) is 12.0. The highest BCUT2D eigenvalue weighted by Gasteiger charge is 2.31. The lowest BCUT2D eigenvalue weighted by Gasteiger charge is -2.17. The van der Waals surface area contributed by atoms with E-state index in [-0.39, 0.29) is 16.8 Å². The molecule has 1 aromatic carbocycles. The fourth-order valence-corrected chi connectivity index (χ4v) is 3.90. The molecule has 0 unspecified atom stereocenters. The van der Waals surface area contributed by atoms with E-state index in [1.807, 2.05) is 0 Å². The number of hydrogen-bond donors (Lipinski definition) is 2. The zero-order chi connectivity index (χ0) is 14.5. The van der Waals surface area contributed by atoms with Crippen molar-refractivity contribution in [1.29, 1.82) is 0 Å². The first-order valence-corrected chi connectivity index (χ1v) is 8.09. The summed E-state index contributed by atoms with van der Waals surface area (Å²) in [6.45, 7) is 2.03. The first-order chi connectivity index (χ1) is 9.38. The van der Waals surface area contributed by atoms with Gasteiger partial charge in [0.25, 0.3) is 0 Å². The number of fused-ring (bicyclic) bond motifs is 1. The van der Waals surface area contributed by atoms with Gasteiger partial charge in [-0.2, -0.15) is 0 Å². The highest BCUT2D eigenvalue weighted by Crippen LogP contribution is 2.36. The number of carbonyl (C=O) groups excluding carboxylic acids is 1. The van der Waals surface area contributed by atoms with E-state index >= 15 is 0 Å². The van der Waals surface area contributed by atoms with Crippen LogP contribution in [-0.4, -0.2) is 26.9 Å². The molecule has 0 atom stereocenters. The number of amides is 1. The summed E-state index contributed by atoms with van der Waals surface area (Å²) < 4.78 is 27.0. The standard InChI is InChI=1S/C13H17N3O3S/c1-8(17)16-5-4-9-6-11(7-12(14)13(9)16)20(18,19)15-10-2-3-10/h6-7,10,15H,2-5,14H2,1H3. The fraction of sp³-hybridized carbons (Fsp3) is 0.462. The second kappa shape index (κ2) is 4.46. The lowest BCUT2D eigenvalue weighted by molar-refractivity contribution is -0.116. The predicted molar refractivity (Wildman–Crippen MR) is 75.9 cm³/mol. The number of rotatable bonds is 3. The number of anilines is 2. The van der Waals surface area contributed by atoms with Crippen LogP contribution in [0.15, 0.2) is 17.0 Å². The van der Waals surface area contributed by atoms with Crippen molar-refractivity contribution in [1.82, 2.24) is 4.72 Å². The van der Waals surface area contributed by atoms with Gasteiger partial charge in [0.05, 0.1) is 16.3 Å². The van der Waals surface area contributed by atoms with E-state index in [0.29, 0.717) is 24.3 Å². The summed E-state index contributed by atoms with van der Waals surface area (Å²) in [5, 5.41) is 0. The van der Waals surface area contributed by atoms with E-state index in [9.17, 15) is 13.2 Å². The van der Waals surface area contributed by atoms with E-state index in [4.69, 9.17) is 5.73 Å². The monoisotopic (exact) mass is 295 g/mol. The fourth-order valence-electron chi connectivity index (χ4n) is 2.51. The van der Waals surface area contributed by atoms with Crippen LogP contribution < -0.4 is 15.4 Å². The highest BCUT2D eigenvalue weighted by molar-refractivity contribution is 7.89. The molecule has 1 aromatic rings. The number of carbonyl (C=O) groups is 1. The molecular weight excluding hydrogens is 278 g/mol. The molecule has 1 heterocycles. The molecule has 3 rings (SSSR count). The Labute approximate surface area is 118 Å². The second-order valence-corrected chi connectivity index (χ2v) is 7.05. The Balaban J connectivity index is 2.00. The molecule has 0 bridgehead atoms. The van der Waals surface area contributed by atoms with Gasteiger partial charge < -0.3 is 10.6 Å². The maximum Gasteiger partial charge on any atom is 0.240 e. The van der Waals surface area contributed by atoms with Gasteiger partial charge >= 0.3 is 0 Å². The lowest BCUT2D eigenvalue weighted by Crippen LogP contribution is -2.27. The number of nitrogens with two attached hydrogens (primary N) is 1. The van der Waals surface area contributed by atoms with Crippen molar-refractivity contribution in [3.8, 4) is 0 Å². The van der Waals surface area contributed by atoms with E-state index in [2.05, 4.69) is 4.72 Å². The summed E-state index contributed by atoms with van der Waals surface area (Å²) in [6, 6.07) is 3.12. The molecule has 0 spiro atoms. The second-order valence-electron chi connectivity index (χ2n) is 5.34. The summed E-state index contributed by atoms with van der Waals surface area (Å²) in [5.74, 6) is -0.0813. The van der Waals surface area contributed by atoms with Crippen LogP contribution in [0.2, 0.25) is 0 Å². The topological polar surface area (TPSA) is 92.5 Å². The Morgan fingerprint density at radius 2 is 2.10 bits per heavy atom. The summed E-state index contributed by atoms with van der Waals surface area (Å²) in [5.41, 5.74) is 7.77. The first kappa shape index (κ1) is 13.4. The summed E-state index contributed by atoms with van der Waals surface area (Å²) in [4.78, 5) is 13.3. The minimum Gasteiger partial charge on any atom is -0.397 e. The number of nitrogen functional groups attached to an aromatic ring is 1. The number of benzene rings is 1. The quantitative estimate of drug-likeness (QED) is 0.799. The van der Waals surface area contributed by atoms with Gasteiger partial charge in [0, 0.05) is 19.5 Å². The van der Waals surface area contributed by atoms with Crippen LogP contribution in [0.4, 0.5) is 11.4 Å².